The molecule has 0 bridgehead atoms. The summed E-state index contributed by atoms with van der Waals surface area (Å²) in [7, 11) is 0. The SMILES string of the molecule is c1ccc(N(c2ccccc2)c2ccc3cc4oc5c6c7c(cc5c4cc3c2)N(c2ccccc2)c2cc3c(cc2B7c2ccccc2O6)B2c4ccccc4N(c4ccccc4)c4c2c(cc2c4oc4cc5ccc(N(c6ccccc6)c6ccccc6)cc5cc42)N3c2ccccc2)cc1. The van der Waals surface area contributed by atoms with Gasteiger partial charge < -0.3 is 38.1 Å². The van der Waals surface area contributed by atoms with E-state index in [1.54, 1.807) is 0 Å². The number of hydrogen-bond donors (Lipinski definition) is 0. The molecule has 102 heavy (non-hydrogen) atoms. The quantitative estimate of drug-likeness (QED) is 0.133. The molecule has 0 unspecified atom stereocenters. The Bertz CT molecular complexity index is 6380. The van der Waals surface area contributed by atoms with Gasteiger partial charge in [-0.05, 0) is 213 Å². The molecule has 8 nitrogen and oxygen atoms in total. The van der Waals surface area contributed by atoms with Gasteiger partial charge in [0.2, 0.25) is 0 Å². The van der Waals surface area contributed by atoms with E-state index in [4.69, 9.17) is 13.6 Å². The first-order valence-electron chi connectivity index (χ1n) is 34.9. The molecule has 474 valence electrons. The second-order valence-corrected chi connectivity index (χ2v) is 27.1. The lowest BCUT2D eigenvalue weighted by molar-refractivity contribution is 0.481. The first kappa shape index (κ1) is 56.6. The molecule has 16 aromatic carbocycles. The molecule has 2 aromatic heterocycles. The fourth-order valence-corrected chi connectivity index (χ4v) is 17.2. The molecule has 0 aliphatic carbocycles. The van der Waals surface area contributed by atoms with Crippen molar-refractivity contribution in [1.82, 2.24) is 0 Å². The summed E-state index contributed by atoms with van der Waals surface area (Å²) in [6, 6.07) is 125. The van der Waals surface area contributed by atoms with E-state index in [9.17, 15) is 0 Å². The Kier molecular flexibility index (Phi) is 12.2. The molecule has 22 rings (SSSR count). The molecule has 0 amide bonds. The largest absolute Gasteiger partial charge is 0.454 e. The van der Waals surface area contributed by atoms with E-state index in [1.165, 1.54) is 21.9 Å². The van der Waals surface area contributed by atoms with Gasteiger partial charge in [0.1, 0.15) is 16.9 Å². The summed E-state index contributed by atoms with van der Waals surface area (Å²) >= 11 is 0. The third-order valence-electron chi connectivity index (χ3n) is 21.5. The molecule has 0 spiro atoms. The number of furan rings is 2. The fraction of sp³-hybridized carbons (Fsp3) is 0. The van der Waals surface area contributed by atoms with Gasteiger partial charge in [0.05, 0.1) is 5.69 Å². The van der Waals surface area contributed by atoms with E-state index >= 15 is 0 Å². The van der Waals surface area contributed by atoms with Gasteiger partial charge in [0.15, 0.2) is 16.9 Å². The second kappa shape index (κ2) is 22.0. The zero-order valence-corrected chi connectivity index (χ0v) is 55.0. The molecule has 0 saturated carbocycles. The van der Waals surface area contributed by atoms with Crippen LogP contribution < -0.4 is 62.0 Å². The van der Waals surface area contributed by atoms with Crippen LogP contribution in [0.3, 0.4) is 0 Å². The smallest absolute Gasteiger partial charge is 0.256 e. The average Bonchev–Trinajstić information content (AvgIpc) is 0.988. The number of hydrogen-bond acceptors (Lipinski definition) is 8. The molecule has 4 aliphatic rings. The maximum absolute atomic E-state index is 7.56. The molecular weight excluding hydrogens is 1240 g/mol. The average molecular weight is 1300 g/mol. The zero-order valence-electron chi connectivity index (χ0n) is 55.0. The van der Waals surface area contributed by atoms with Crippen LogP contribution in [0.25, 0.3) is 65.4 Å². The highest BCUT2D eigenvalue weighted by atomic mass is 16.5. The third-order valence-corrected chi connectivity index (χ3v) is 21.5. The summed E-state index contributed by atoms with van der Waals surface area (Å²) < 4.78 is 22.2. The number of fused-ring (bicyclic) bond motifs is 18. The number of benzene rings is 16. The lowest BCUT2D eigenvalue weighted by Crippen LogP contribution is -2.64. The van der Waals surface area contributed by atoms with Crippen molar-refractivity contribution in [2.75, 3.05) is 24.5 Å². The maximum atomic E-state index is 7.56. The first-order valence-corrected chi connectivity index (χ1v) is 34.9. The fourth-order valence-electron chi connectivity index (χ4n) is 17.2. The summed E-state index contributed by atoms with van der Waals surface area (Å²) in [5, 5.41) is 8.46. The molecule has 0 saturated heterocycles. The van der Waals surface area contributed by atoms with Gasteiger partial charge >= 0.3 is 0 Å². The molecule has 0 radical (unpaired) electrons. The van der Waals surface area contributed by atoms with Crippen LogP contribution in [0.4, 0.5) is 85.3 Å². The molecule has 0 fully saturated rings. The van der Waals surface area contributed by atoms with E-state index < -0.39 is 0 Å². The van der Waals surface area contributed by atoms with Crippen molar-refractivity contribution in [3.8, 4) is 11.5 Å². The minimum absolute atomic E-state index is 0.242. The number of anilines is 15. The van der Waals surface area contributed by atoms with Crippen molar-refractivity contribution < 1.29 is 13.6 Å². The van der Waals surface area contributed by atoms with E-state index in [0.717, 1.165) is 173 Å². The Morgan fingerprint density at radius 3 is 1.18 bits per heavy atom. The van der Waals surface area contributed by atoms with Crippen molar-refractivity contribution in [3.05, 3.63) is 346 Å². The maximum Gasteiger partial charge on any atom is 0.256 e. The highest BCUT2D eigenvalue weighted by Crippen LogP contribution is 2.53. The van der Waals surface area contributed by atoms with Crippen molar-refractivity contribution in [2.45, 2.75) is 0 Å². The number of para-hydroxylation sites is 9. The van der Waals surface area contributed by atoms with Gasteiger partial charge in [-0.25, -0.2) is 0 Å². The predicted molar refractivity (Wildman–Crippen MR) is 425 cm³/mol. The third kappa shape index (κ3) is 8.41. The van der Waals surface area contributed by atoms with Gasteiger partial charge in [-0.2, -0.15) is 0 Å². The first-order chi connectivity index (χ1) is 50.6. The van der Waals surface area contributed by atoms with E-state index in [2.05, 4.69) is 370 Å². The zero-order chi connectivity index (χ0) is 66.7. The summed E-state index contributed by atoms with van der Waals surface area (Å²) in [5.41, 5.74) is 26.1. The monoisotopic (exact) mass is 1300 g/mol. The van der Waals surface area contributed by atoms with Crippen LogP contribution in [-0.2, 0) is 0 Å². The van der Waals surface area contributed by atoms with Crippen LogP contribution in [0.15, 0.2) is 355 Å². The summed E-state index contributed by atoms with van der Waals surface area (Å²) in [6.07, 6.45) is 0. The Balaban J connectivity index is 0.799. The highest BCUT2D eigenvalue weighted by molar-refractivity contribution is 7.03. The van der Waals surface area contributed by atoms with E-state index in [1.807, 2.05) is 0 Å². The van der Waals surface area contributed by atoms with Crippen molar-refractivity contribution in [1.29, 1.82) is 0 Å². The van der Waals surface area contributed by atoms with Gasteiger partial charge in [-0.1, -0.05) is 182 Å². The molecule has 0 N–H and O–H groups in total. The van der Waals surface area contributed by atoms with Crippen LogP contribution in [0.2, 0.25) is 0 Å². The van der Waals surface area contributed by atoms with Crippen LogP contribution in [-0.4, -0.2) is 13.4 Å². The Labute approximate surface area is 588 Å². The van der Waals surface area contributed by atoms with Gasteiger partial charge in [-0.3, -0.25) is 0 Å². The number of nitrogens with zero attached hydrogens (tertiary/aromatic N) is 5. The standard InChI is InChI=1S/C92H57B2N5O3/c1-8-26-62(27-9-1)95(63-28-10-2-11-29-63)69-46-44-58-52-85-71(50-60(58)48-69)73-54-82-87-89(90(73)101-85)99(68-38-20-7-21-39-68)79-42-24-22-40-75(79)93(87)77-56-78-81(57-80(77)97(82)66-34-16-5-17-35-66)98(67-36-18-6-19-37-67)83-55-74-72-51-61-49-70(96(64-30-12-3-13-31-64)65-32-14-4-15-33-65)47-45-59(61)53-86(72)102-91(74)92-88(83)94(78)76-41-23-25-43-84(76)100-92/h1-57H. The Hall–Kier alpha value is -13.4. The molecule has 18 aromatic rings. The summed E-state index contributed by atoms with van der Waals surface area (Å²) in [4.78, 5) is 12.2. The predicted octanol–water partition coefficient (Wildman–Crippen LogP) is 21.2. The van der Waals surface area contributed by atoms with Crippen molar-refractivity contribution in [3.63, 3.8) is 0 Å². The number of ether oxygens (including phenoxy) is 1. The molecule has 6 heterocycles. The Morgan fingerprint density at radius 1 is 0.255 bits per heavy atom. The van der Waals surface area contributed by atoms with Crippen LogP contribution in [0.1, 0.15) is 0 Å². The minimum atomic E-state index is -0.257. The molecule has 0 atom stereocenters. The molecular formula is C92H57B2N5O3. The van der Waals surface area contributed by atoms with Gasteiger partial charge in [0.25, 0.3) is 13.4 Å². The van der Waals surface area contributed by atoms with Crippen molar-refractivity contribution in [2.24, 2.45) is 0 Å². The van der Waals surface area contributed by atoms with Crippen LogP contribution in [0, 0.1) is 0 Å². The van der Waals surface area contributed by atoms with Gasteiger partial charge in [-0.15, -0.1) is 0 Å². The summed E-state index contributed by atoms with van der Waals surface area (Å²) in [6.45, 7) is -0.499. The molecule has 4 aliphatic heterocycles. The Morgan fingerprint density at radius 2 is 0.667 bits per heavy atom. The van der Waals surface area contributed by atoms with Crippen molar-refractivity contribution >= 4 is 197 Å². The van der Waals surface area contributed by atoms with Crippen LogP contribution >= 0.6 is 0 Å². The topological polar surface area (TPSA) is 51.7 Å². The van der Waals surface area contributed by atoms with E-state index in [0.29, 0.717) is 0 Å². The second-order valence-electron chi connectivity index (χ2n) is 27.1. The lowest BCUT2D eigenvalue weighted by Gasteiger charge is -2.46. The highest BCUT2D eigenvalue weighted by Gasteiger charge is 2.49. The number of rotatable bonds is 9. The van der Waals surface area contributed by atoms with Gasteiger partial charge in [0, 0.05) is 107 Å². The van der Waals surface area contributed by atoms with E-state index in [-0.39, 0.29) is 13.4 Å². The minimum Gasteiger partial charge on any atom is -0.454 e. The van der Waals surface area contributed by atoms with Crippen LogP contribution in [0.5, 0.6) is 11.5 Å². The lowest BCUT2D eigenvalue weighted by atomic mass is 9.30. The molecule has 10 heteroatoms. The summed E-state index contributed by atoms with van der Waals surface area (Å²) in [5.74, 6) is 1.54. The normalized spacial score (nSPS) is 13.1.